The van der Waals surface area contributed by atoms with Crippen LogP contribution < -0.4 is 0 Å². The summed E-state index contributed by atoms with van der Waals surface area (Å²) in [4.78, 5) is 0. The third-order valence-electron chi connectivity index (χ3n) is 3.50. The molecule has 0 amide bonds. The summed E-state index contributed by atoms with van der Waals surface area (Å²) in [5.74, 6) is 0. The molecule has 1 aromatic rings. The lowest BCUT2D eigenvalue weighted by Gasteiger charge is -2.28. The number of hydrogen-bond donors (Lipinski definition) is 0. The molecule has 3 heteroatoms. The molecule has 0 unspecified atom stereocenters. The van der Waals surface area contributed by atoms with Crippen LogP contribution >= 0.6 is 0 Å². The van der Waals surface area contributed by atoms with E-state index in [2.05, 4.69) is 38.6 Å². The van der Waals surface area contributed by atoms with Gasteiger partial charge >= 0.3 is 8.56 Å². The van der Waals surface area contributed by atoms with Crippen LogP contribution in [0, 0.1) is 0 Å². The van der Waals surface area contributed by atoms with E-state index < -0.39 is 8.56 Å². The van der Waals surface area contributed by atoms with Crippen LogP contribution in [0.4, 0.5) is 0 Å². The Morgan fingerprint density at radius 1 is 1.11 bits per heavy atom. The van der Waals surface area contributed by atoms with E-state index in [1.165, 1.54) is 11.1 Å². The van der Waals surface area contributed by atoms with E-state index in [4.69, 9.17) is 8.85 Å². The first-order valence-corrected chi connectivity index (χ1v) is 9.42. The fourth-order valence-electron chi connectivity index (χ4n) is 2.27. The third kappa shape index (κ3) is 4.60. The Kier molecular flexibility index (Phi) is 7.06. The number of rotatable bonds is 9. The van der Waals surface area contributed by atoms with Crippen LogP contribution in [0.2, 0.25) is 12.1 Å². The molecule has 0 aliphatic rings. The topological polar surface area (TPSA) is 18.5 Å². The van der Waals surface area contributed by atoms with E-state index in [1.54, 1.807) is 0 Å². The van der Waals surface area contributed by atoms with Crippen molar-refractivity contribution in [2.24, 2.45) is 0 Å². The molecule has 106 valence electrons. The highest BCUT2D eigenvalue weighted by molar-refractivity contribution is 6.67. The van der Waals surface area contributed by atoms with Gasteiger partial charge in [-0.3, -0.25) is 0 Å². The van der Waals surface area contributed by atoms with Crippen molar-refractivity contribution in [1.82, 2.24) is 0 Å². The van der Waals surface area contributed by atoms with E-state index in [1.807, 2.05) is 19.1 Å². The second-order valence-electron chi connectivity index (χ2n) is 4.55. The SMILES string of the molecule is C=Cc1ccccc1CCO[Si](CC)(CC)OCC. The number of hydrogen-bond acceptors (Lipinski definition) is 2. The van der Waals surface area contributed by atoms with Crippen molar-refractivity contribution in [1.29, 1.82) is 0 Å². The van der Waals surface area contributed by atoms with Gasteiger partial charge in [-0.1, -0.05) is 50.8 Å². The van der Waals surface area contributed by atoms with Gasteiger partial charge in [0.05, 0.1) is 0 Å². The zero-order valence-electron chi connectivity index (χ0n) is 12.4. The number of benzene rings is 1. The maximum Gasteiger partial charge on any atom is 0.337 e. The molecule has 0 heterocycles. The van der Waals surface area contributed by atoms with Gasteiger partial charge in [0.2, 0.25) is 0 Å². The van der Waals surface area contributed by atoms with Crippen LogP contribution in [0.25, 0.3) is 6.08 Å². The van der Waals surface area contributed by atoms with Gasteiger partial charge in [-0.25, -0.2) is 0 Å². The highest BCUT2D eigenvalue weighted by Crippen LogP contribution is 2.19. The Morgan fingerprint density at radius 2 is 1.79 bits per heavy atom. The highest BCUT2D eigenvalue weighted by Gasteiger charge is 2.32. The van der Waals surface area contributed by atoms with Crippen molar-refractivity contribution < 1.29 is 8.85 Å². The van der Waals surface area contributed by atoms with E-state index in [0.29, 0.717) is 0 Å². The van der Waals surface area contributed by atoms with Gasteiger partial charge in [0.15, 0.2) is 0 Å². The first kappa shape index (κ1) is 16.2. The van der Waals surface area contributed by atoms with Crippen LogP contribution in [-0.4, -0.2) is 21.8 Å². The molecule has 0 saturated heterocycles. The van der Waals surface area contributed by atoms with Crippen molar-refractivity contribution in [3.63, 3.8) is 0 Å². The molecule has 0 N–H and O–H groups in total. The van der Waals surface area contributed by atoms with Gasteiger partial charge in [0.25, 0.3) is 0 Å². The summed E-state index contributed by atoms with van der Waals surface area (Å²) in [7, 11) is -1.95. The summed E-state index contributed by atoms with van der Waals surface area (Å²) in [5.41, 5.74) is 2.49. The van der Waals surface area contributed by atoms with E-state index >= 15 is 0 Å². The Labute approximate surface area is 118 Å². The fraction of sp³-hybridized carbons (Fsp3) is 0.500. The van der Waals surface area contributed by atoms with E-state index in [9.17, 15) is 0 Å². The first-order chi connectivity index (χ1) is 9.21. The van der Waals surface area contributed by atoms with Crippen molar-refractivity contribution in [3.05, 3.63) is 42.0 Å². The van der Waals surface area contributed by atoms with Crippen LogP contribution in [0.15, 0.2) is 30.8 Å². The monoisotopic (exact) mass is 278 g/mol. The second kappa shape index (κ2) is 8.30. The van der Waals surface area contributed by atoms with Gasteiger partial charge < -0.3 is 8.85 Å². The molecule has 0 spiro atoms. The van der Waals surface area contributed by atoms with Crippen LogP contribution in [0.1, 0.15) is 31.9 Å². The second-order valence-corrected chi connectivity index (χ2v) is 8.37. The lowest BCUT2D eigenvalue weighted by atomic mass is 10.1. The lowest BCUT2D eigenvalue weighted by Crippen LogP contribution is -2.41. The van der Waals surface area contributed by atoms with E-state index in [0.717, 1.165) is 31.7 Å². The van der Waals surface area contributed by atoms with Crippen LogP contribution in [0.3, 0.4) is 0 Å². The molecule has 0 aromatic heterocycles. The zero-order chi connectivity index (χ0) is 14.1. The molecule has 2 nitrogen and oxygen atoms in total. The van der Waals surface area contributed by atoms with Gasteiger partial charge in [-0.05, 0) is 36.6 Å². The molecule has 19 heavy (non-hydrogen) atoms. The summed E-state index contributed by atoms with van der Waals surface area (Å²) in [6.07, 6.45) is 2.83. The van der Waals surface area contributed by atoms with Gasteiger partial charge in [0.1, 0.15) is 0 Å². The third-order valence-corrected chi connectivity index (χ3v) is 7.20. The lowest BCUT2D eigenvalue weighted by molar-refractivity contribution is 0.178. The summed E-state index contributed by atoms with van der Waals surface area (Å²) >= 11 is 0. The molecule has 0 fully saturated rings. The standard InChI is InChI=1S/C16H26O2Si/c1-5-15-11-9-10-12-16(15)13-14-18-19(7-3,8-4)17-6-2/h5,9-12H,1,6-8,13-14H2,2-4H3. The van der Waals surface area contributed by atoms with Crippen LogP contribution in [-0.2, 0) is 15.3 Å². The quantitative estimate of drug-likeness (QED) is 0.623. The maximum absolute atomic E-state index is 6.15. The predicted octanol–water partition coefficient (Wildman–Crippen LogP) is 4.41. The molecule has 1 aromatic carbocycles. The average molecular weight is 278 g/mol. The molecular weight excluding hydrogens is 252 g/mol. The summed E-state index contributed by atoms with van der Waals surface area (Å²) in [5, 5.41) is 0. The van der Waals surface area contributed by atoms with E-state index in [-0.39, 0.29) is 0 Å². The zero-order valence-corrected chi connectivity index (χ0v) is 13.4. The maximum atomic E-state index is 6.15. The average Bonchev–Trinajstić information content (AvgIpc) is 2.47. The molecule has 0 aliphatic carbocycles. The minimum Gasteiger partial charge on any atom is -0.395 e. The minimum absolute atomic E-state index is 0.735. The minimum atomic E-state index is -1.95. The fourth-order valence-corrected chi connectivity index (χ4v) is 4.67. The molecule has 0 radical (unpaired) electrons. The summed E-state index contributed by atoms with van der Waals surface area (Å²) < 4.78 is 12.1. The molecule has 0 atom stereocenters. The molecule has 0 bridgehead atoms. The smallest absolute Gasteiger partial charge is 0.337 e. The van der Waals surface area contributed by atoms with Crippen molar-refractivity contribution in [2.45, 2.75) is 39.3 Å². The Hall–Kier alpha value is -0.903. The summed E-state index contributed by atoms with van der Waals surface area (Å²) in [6.45, 7) is 11.7. The van der Waals surface area contributed by atoms with Gasteiger partial charge in [-0.15, -0.1) is 0 Å². The highest BCUT2D eigenvalue weighted by atomic mass is 28.4. The predicted molar refractivity (Wildman–Crippen MR) is 84.5 cm³/mol. The normalized spacial score (nSPS) is 11.5. The van der Waals surface area contributed by atoms with Gasteiger partial charge in [-0.2, -0.15) is 0 Å². The van der Waals surface area contributed by atoms with Crippen LogP contribution in [0.5, 0.6) is 0 Å². The van der Waals surface area contributed by atoms with Crippen molar-refractivity contribution in [2.75, 3.05) is 13.2 Å². The Balaban J connectivity index is 2.59. The largest absolute Gasteiger partial charge is 0.395 e. The van der Waals surface area contributed by atoms with Gasteiger partial charge in [0, 0.05) is 13.2 Å². The Bertz CT molecular complexity index is 386. The van der Waals surface area contributed by atoms with Crippen molar-refractivity contribution >= 4 is 14.6 Å². The first-order valence-electron chi connectivity index (χ1n) is 7.19. The molecule has 0 aliphatic heterocycles. The summed E-state index contributed by atoms with van der Waals surface area (Å²) in [6, 6.07) is 10.4. The Morgan fingerprint density at radius 3 is 2.37 bits per heavy atom. The molecule has 1 rings (SSSR count). The molecule has 0 saturated carbocycles. The molecular formula is C16H26O2Si. The van der Waals surface area contributed by atoms with Crippen molar-refractivity contribution in [3.8, 4) is 0 Å².